The molecule has 0 aromatic carbocycles. The summed E-state index contributed by atoms with van der Waals surface area (Å²) in [5.41, 5.74) is 1.30. The Balaban J connectivity index is 2.52. The molecule has 0 aliphatic carbocycles. The van der Waals surface area contributed by atoms with Crippen LogP contribution >= 0.6 is 11.6 Å². The highest BCUT2D eigenvalue weighted by Gasteiger charge is 2.00. The fraction of sp³-hybridized carbons (Fsp3) is 0. The van der Waals surface area contributed by atoms with Crippen LogP contribution in [0.4, 0.5) is 0 Å². The van der Waals surface area contributed by atoms with Gasteiger partial charge in [0.05, 0.1) is 5.69 Å². The molecule has 2 rings (SSSR count). The molecule has 2 N–H and O–H groups in total. The molecule has 66 valence electrons. The normalized spacial score (nSPS) is 10.2. The Morgan fingerprint density at radius 1 is 1.46 bits per heavy atom. The number of aromatic amines is 2. The van der Waals surface area contributed by atoms with Gasteiger partial charge in [0.1, 0.15) is 5.15 Å². The maximum Gasteiger partial charge on any atom is 0.323 e. The van der Waals surface area contributed by atoms with Gasteiger partial charge in [0.25, 0.3) is 0 Å². The van der Waals surface area contributed by atoms with Crippen LogP contribution < -0.4 is 5.69 Å². The number of hydrogen-bond donors (Lipinski definition) is 2. The van der Waals surface area contributed by atoms with E-state index in [4.69, 9.17) is 11.6 Å². The maximum absolute atomic E-state index is 10.8. The predicted octanol–water partition coefficient (Wildman–Crippen LogP) is 1.42. The van der Waals surface area contributed by atoms with Crippen molar-refractivity contribution >= 4 is 11.6 Å². The van der Waals surface area contributed by atoms with Gasteiger partial charge in [0.2, 0.25) is 0 Å². The smallest absolute Gasteiger partial charge is 0.312 e. The first kappa shape index (κ1) is 8.07. The Labute approximate surface area is 78.6 Å². The van der Waals surface area contributed by atoms with E-state index in [-0.39, 0.29) is 5.69 Å². The van der Waals surface area contributed by atoms with Gasteiger partial charge in [-0.05, 0) is 12.1 Å². The average Bonchev–Trinajstić information content (AvgIpc) is 2.52. The topological polar surface area (TPSA) is 61.5 Å². The lowest BCUT2D eigenvalue weighted by molar-refractivity contribution is 1.19. The van der Waals surface area contributed by atoms with Crippen LogP contribution in [0.3, 0.4) is 0 Å². The molecule has 2 heterocycles. The zero-order valence-corrected chi connectivity index (χ0v) is 7.30. The van der Waals surface area contributed by atoms with Crippen molar-refractivity contribution in [2.75, 3.05) is 0 Å². The Morgan fingerprint density at radius 3 is 2.92 bits per heavy atom. The predicted molar refractivity (Wildman–Crippen MR) is 49.7 cm³/mol. The van der Waals surface area contributed by atoms with Gasteiger partial charge in [-0.2, -0.15) is 0 Å². The SMILES string of the molecule is O=c1[nH]cc(-c2ccnc(Cl)c2)[nH]1. The molecular weight excluding hydrogens is 190 g/mol. The van der Waals surface area contributed by atoms with Crippen LogP contribution in [0.5, 0.6) is 0 Å². The van der Waals surface area contributed by atoms with Crippen LogP contribution in [-0.2, 0) is 0 Å². The summed E-state index contributed by atoms with van der Waals surface area (Å²) in [6, 6.07) is 3.45. The monoisotopic (exact) mass is 195 g/mol. The van der Waals surface area contributed by atoms with Crippen molar-refractivity contribution in [3.8, 4) is 11.3 Å². The number of aromatic nitrogens is 3. The third-order valence-corrected chi connectivity index (χ3v) is 1.84. The number of hydrogen-bond acceptors (Lipinski definition) is 2. The van der Waals surface area contributed by atoms with E-state index in [9.17, 15) is 4.79 Å². The highest BCUT2D eigenvalue weighted by atomic mass is 35.5. The minimum Gasteiger partial charge on any atom is -0.312 e. The summed E-state index contributed by atoms with van der Waals surface area (Å²) >= 11 is 5.69. The lowest BCUT2D eigenvalue weighted by Gasteiger charge is -1.95. The molecule has 0 fully saturated rings. The van der Waals surface area contributed by atoms with E-state index in [2.05, 4.69) is 15.0 Å². The molecule has 0 unspecified atom stereocenters. The van der Waals surface area contributed by atoms with Gasteiger partial charge in [0, 0.05) is 18.0 Å². The summed E-state index contributed by atoms with van der Waals surface area (Å²) < 4.78 is 0. The van der Waals surface area contributed by atoms with E-state index in [1.54, 1.807) is 24.5 Å². The van der Waals surface area contributed by atoms with Crippen molar-refractivity contribution in [2.24, 2.45) is 0 Å². The molecule has 0 radical (unpaired) electrons. The van der Waals surface area contributed by atoms with Crippen LogP contribution in [0.25, 0.3) is 11.3 Å². The number of pyridine rings is 1. The zero-order chi connectivity index (χ0) is 9.26. The molecule has 13 heavy (non-hydrogen) atoms. The zero-order valence-electron chi connectivity index (χ0n) is 6.54. The van der Waals surface area contributed by atoms with Crippen molar-refractivity contribution in [1.29, 1.82) is 0 Å². The minimum absolute atomic E-state index is 0.233. The Bertz CT molecular complexity index is 474. The van der Waals surface area contributed by atoms with Crippen molar-refractivity contribution in [3.63, 3.8) is 0 Å². The Morgan fingerprint density at radius 2 is 2.31 bits per heavy atom. The molecule has 2 aromatic rings. The van der Waals surface area contributed by atoms with Crippen molar-refractivity contribution in [3.05, 3.63) is 40.2 Å². The first-order valence-electron chi connectivity index (χ1n) is 3.65. The lowest BCUT2D eigenvalue weighted by Crippen LogP contribution is -1.99. The summed E-state index contributed by atoms with van der Waals surface area (Å²) in [4.78, 5) is 19.8. The van der Waals surface area contributed by atoms with Gasteiger partial charge in [-0.15, -0.1) is 0 Å². The van der Waals surface area contributed by atoms with Gasteiger partial charge in [-0.3, -0.25) is 0 Å². The van der Waals surface area contributed by atoms with Crippen LogP contribution in [0, 0.1) is 0 Å². The number of imidazole rings is 1. The lowest BCUT2D eigenvalue weighted by atomic mass is 10.2. The number of nitrogens with zero attached hydrogens (tertiary/aromatic N) is 1. The summed E-state index contributed by atoms with van der Waals surface area (Å²) in [6.07, 6.45) is 3.18. The number of nitrogens with one attached hydrogen (secondary N) is 2. The molecule has 0 bridgehead atoms. The maximum atomic E-state index is 10.8. The Hall–Kier alpha value is -1.55. The van der Waals surface area contributed by atoms with E-state index in [0.29, 0.717) is 10.8 Å². The first-order chi connectivity index (χ1) is 6.25. The number of rotatable bonds is 1. The fourth-order valence-electron chi connectivity index (χ4n) is 1.06. The van der Waals surface area contributed by atoms with E-state index in [1.807, 2.05) is 0 Å². The quantitative estimate of drug-likeness (QED) is 0.676. The molecule has 0 spiro atoms. The minimum atomic E-state index is -0.233. The molecular formula is C8H6ClN3O. The molecule has 4 nitrogen and oxygen atoms in total. The summed E-state index contributed by atoms with van der Waals surface area (Å²) in [6.45, 7) is 0. The highest BCUT2D eigenvalue weighted by molar-refractivity contribution is 6.29. The second-order valence-corrected chi connectivity index (χ2v) is 2.91. The van der Waals surface area contributed by atoms with Gasteiger partial charge in [-0.1, -0.05) is 11.6 Å². The number of halogens is 1. The summed E-state index contributed by atoms with van der Waals surface area (Å²) in [5, 5.41) is 0.402. The van der Waals surface area contributed by atoms with Crippen LogP contribution in [0.2, 0.25) is 5.15 Å². The van der Waals surface area contributed by atoms with Crippen LogP contribution in [0.1, 0.15) is 0 Å². The highest BCUT2D eigenvalue weighted by Crippen LogP contribution is 2.16. The largest absolute Gasteiger partial charge is 0.323 e. The van der Waals surface area contributed by atoms with Crippen molar-refractivity contribution < 1.29 is 0 Å². The van der Waals surface area contributed by atoms with Crippen molar-refractivity contribution in [1.82, 2.24) is 15.0 Å². The van der Waals surface area contributed by atoms with Crippen molar-refractivity contribution in [2.45, 2.75) is 0 Å². The van der Waals surface area contributed by atoms with Gasteiger partial charge < -0.3 is 9.97 Å². The van der Waals surface area contributed by atoms with Crippen LogP contribution in [0.15, 0.2) is 29.3 Å². The van der Waals surface area contributed by atoms with Gasteiger partial charge in [-0.25, -0.2) is 9.78 Å². The van der Waals surface area contributed by atoms with E-state index < -0.39 is 0 Å². The van der Waals surface area contributed by atoms with Crippen LogP contribution in [-0.4, -0.2) is 15.0 Å². The fourth-order valence-corrected chi connectivity index (χ4v) is 1.23. The third-order valence-electron chi connectivity index (χ3n) is 1.63. The van der Waals surface area contributed by atoms with Gasteiger partial charge in [0.15, 0.2) is 0 Å². The molecule has 0 saturated carbocycles. The summed E-state index contributed by atoms with van der Waals surface area (Å²) in [7, 11) is 0. The van der Waals surface area contributed by atoms with Gasteiger partial charge >= 0.3 is 5.69 Å². The third kappa shape index (κ3) is 1.62. The summed E-state index contributed by atoms with van der Waals surface area (Å²) in [5.74, 6) is 0. The molecule has 0 amide bonds. The number of H-pyrrole nitrogens is 2. The second-order valence-electron chi connectivity index (χ2n) is 2.52. The molecule has 0 aliphatic heterocycles. The first-order valence-corrected chi connectivity index (χ1v) is 4.03. The van der Waals surface area contributed by atoms with E-state index >= 15 is 0 Å². The van der Waals surface area contributed by atoms with E-state index in [1.165, 1.54) is 0 Å². The van der Waals surface area contributed by atoms with E-state index in [0.717, 1.165) is 5.56 Å². The average molecular weight is 196 g/mol. The molecule has 0 atom stereocenters. The molecule has 0 saturated heterocycles. The molecule has 0 aliphatic rings. The standard InChI is InChI=1S/C8H6ClN3O/c9-7-3-5(1-2-10-7)6-4-11-8(13)12-6/h1-4H,(H2,11,12,13). The second kappa shape index (κ2) is 3.06. The molecule has 2 aromatic heterocycles. The molecule has 5 heteroatoms. The Kier molecular flexibility index (Phi) is 1.90.